The maximum absolute atomic E-state index is 10.5. The molecule has 13 heavy (non-hydrogen) atoms. The molecular formula is C7H8ClN3O2. The van der Waals surface area contributed by atoms with E-state index in [9.17, 15) is 10.1 Å². The molecule has 0 aromatic heterocycles. The fourth-order valence-electron chi connectivity index (χ4n) is 0.902. The third-order valence-corrected chi connectivity index (χ3v) is 1.65. The van der Waals surface area contributed by atoms with E-state index in [1.54, 1.807) is 7.05 Å². The smallest absolute Gasteiger partial charge is 0.293 e. The molecule has 0 heterocycles. The molecule has 5 nitrogen and oxygen atoms in total. The van der Waals surface area contributed by atoms with Crippen molar-refractivity contribution in [3.05, 3.63) is 33.3 Å². The Bertz CT molecular complexity index is 330. The number of hydrazine groups is 1. The standard InChI is InChI=1S/C7H8ClN3O2/c1-9-10-6-4-5(8)2-3-7(6)11(12)13/h2-4,9-10H,1H3. The maximum Gasteiger partial charge on any atom is 0.293 e. The molecule has 0 bridgehead atoms. The highest BCUT2D eigenvalue weighted by Gasteiger charge is 2.12. The van der Waals surface area contributed by atoms with Crippen molar-refractivity contribution in [1.82, 2.24) is 5.43 Å². The van der Waals surface area contributed by atoms with E-state index in [1.807, 2.05) is 0 Å². The van der Waals surface area contributed by atoms with Crippen molar-refractivity contribution in [3.8, 4) is 0 Å². The van der Waals surface area contributed by atoms with Crippen LogP contribution in [0.25, 0.3) is 0 Å². The van der Waals surface area contributed by atoms with Crippen LogP contribution in [0.4, 0.5) is 11.4 Å². The van der Waals surface area contributed by atoms with Crippen molar-refractivity contribution >= 4 is 23.0 Å². The molecule has 0 radical (unpaired) electrons. The van der Waals surface area contributed by atoms with E-state index in [0.29, 0.717) is 10.7 Å². The van der Waals surface area contributed by atoms with Crippen LogP contribution in [0.15, 0.2) is 18.2 Å². The van der Waals surface area contributed by atoms with E-state index >= 15 is 0 Å². The fraction of sp³-hybridized carbons (Fsp3) is 0.143. The minimum absolute atomic E-state index is 0.0150. The Morgan fingerprint density at radius 1 is 1.54 bits per heavy atom. The van der Waals surface area contributed by atoms with Gasteiger partial charge < -0.3 is 5.43 Å². The molecule has 0 saturated carbocycles. The van der Waals surface area contributed by atoms with Crippen molar-refractivity contribution in [2.75, 3.05) is 12.5 Å². The predicted octanol–water partition coefficient (Wildman–Crippen LogP) is 1.79. The zero-order valence-electron chi connectivity index (χ0n) is 6.87. The first-order chi connectivity index (χ1) is 6.15. The van der Waals surface area contributed by atoms with Gasteiger partial charge in [-0.05, 0) is 12.1 Å². The predicted molar refractivity (Wildman–Crippen MR) is 50.8 cm³/mol. The van der Waals surface area contributed by atoms with Crippen molar-refractivity contribution < 1.29 is 4.92 Å². The molecule has 0 saturated heterocycles. The van der Waals surface area contributed by atoms with Crippen LogP contribution >= 0.6 is 11.6 Å². The van der Waals surface area contributed by atoms with Crippen LogP contribution in [-0.2, 0) is 0 Å². The molecule has 0 aliphatic rings. The summed E-state index contributed by atoms with van der Waals surface area (Å²) in [6.45, 7) is 0. The van der Waals surface area contributed by atoms with Crippen LogP contribution in [0.2, 0.25) is 5.02 Å². The lowest BCUT2D eigenvalue weighted by molar-refractivity contribution is -0.384. The minimum atomic E-state index is -0.476. The third-order valence-electron chi connectivity index (χ3n) is 1.41. The molecule has 0 aliphatic heterocycles. The average molecular weight is 202 g/mol. The zero-order chi connectivity index (χ0) is 9.84. The summed E-state index contributed by atoms with van der Waals surface area (Å²) in [6, 6.07) is 4.30. The molecule has 0 unspecified atom stereocenters. The quantitative estimate of drug-likeness (QED) is 0.578. The fourth-order valence-corrected chi connectivity index (χ4v) is 1.07. The van der Waals surface area contributed by atoms with E-state index in [1.165, 1.54) is 18.2 Å². The van der Waals surface area contributed by atoms with Crippen molar-refractivity contribution in [2.24, 2.45) is 0 Å². The van der Waals surface area contributed by atoms with Gasteiger partial charge in [-0.25, -0.2) is 5.43 Å². The van der Waals surface area contributed by atoms with Crippen molar-refractivity contribution in [3.63, 3.8) is 0 Å². The van der Waals surface area contributed by atoms with Crippen molar-refractivity contribution in [2.45, 2.75) is 0 Å². The number of halogens is 1. The van der Waals surface area contributed by atoms with E-state index < -0.39 is 4.92 Å². The highest BCUT2D eigenvalue weighted by atomic mass is 35.5. The molecular weight excluding hydrogens is 194 g/mol. The SMILES string of the molecule is CNNc1cc(Cl)ccc1[N+](=O)[O-]. The van der Waals surface area contributed by atoms with E-state index in [4.69, 9.17) is 11.6 Å². The van der Waals surface area contributed by atoms with Gasteiger partial charge in [0, 0.05) is 18.1 Å². The van der Waals surface area contributed by atoms with E-state index in [-0.39, 0.29) is 5.69 Å². The van der Waals surface area contributed by atoms with Crippen LogP contribution < -0.4 is 10.9 Å². The van der Waals surface area contributed by atoms with Gasteiger partial charge in [-0.3, -0.25) is 10.1 Å². The van der Waals surface area contributed by atoms with Gasteiger partial charge >= 0.3 is 0 Å². The Kier molecular flexibility index (Phi) is 3.05. The molecule has 70 valence electrons. The first-order valence-electron chi connectivity index (χ1n) is 3.52. The highest BCUT2D eigenvalue weighted by Crippen LogP contribution is 2.26. The van der Waals surface area contributed by atoms with Gasteiger partial charge in [0.05, 0.1) is 4.92 Å². The van der Waals surface area contributed by atoms with Crippen LogP contribution in [0.1, 0.15) is 0 Å². The molecule has 2 N–H and O–H groups in total. The van der Waals surface area contributed by atoms with E-state index in [0.717, 1.165) is 0 Å². The number of nitrogens with zero attached hydrogens (tertiary/aromatic N) is 1. The van der Waals surface area contributed by atoms with E-state index in [2.05, 4.69) is 10.9 Å². The molecule has 0 spiro atoms. The molecule has 1 aromatic rings. The lowest BCUT2D eigenvalue weighted by Crippen LogP contribution is -2.15. The molecule has 0 fully saturated rings. The molecule has 6 heteroatoms. The van der Waals surface area contributed by atoms with Crippen LogP contribution in [-0.4, -0.2) is 12.0 Å². The topological polar surface area (TPSA) is 67.2 Å². The van der Waals surface area contributed by atoms with Gasteiger partial charge in [0.25, 0.3) is 5.69 Å². The monoisotopic (exact) mass is 201 g/mol. The first kappa shape index (κ1) is 9.76. The summed E-state index contributed by atoms with van der Waals surface area (Å²) >= 11 is 5.67. The van der Waals surface area contributed by atoms with Gasteiger partial charge in [0.15, 0.2) is 0 Å². The second kappa shape index (κ2) is 4.06. The average Bonchev–Trinajstić information content (AvgIpc) is 2.04. The second-order valence-corrected chi connectivity index (χ2v) is 2.73. The number of hydrogen-bond acceptors (Lipinski definition) is 4. The molecule has 0 atom stereocenters. The summed E-state index contributed by atoms with van der Waals surface area (Å²) in [6.07, 6.45) is 0. The van der Waals surface area contributed by atoms with Crippen LogP contribution in [0.5, 0.6) is 0 Å². The lowest BCUT2D eigenvalue weighted by Gasteiger charge is -2.04. The Morgan fingerprint density at radius 2 is 2.23 bits per heavy atom. The molecule has 1 rings (SSSR count). The zero-order valence-corrected chi connectivity index (χ0v) is 7.63. The van der Waals surface area contributed by atoms with Crippen LogP contribution in [0, 0.1) is 10.1 Å². The summed E-state index contributed by atoms with van der Waals surface area (Å²) < 4.78 is 0. The van der Waals surface area contributed by atoms with Crippen LogP contribution in [0.3, 0.4) is 0 Å². The lowest BCUT2D eigenvalue weighted by atomic mass is 10.3. The summed E-state index contributed by atoms with van der Waals surface area (Å²) in [5.74, 6) is 0. The minimum Gasteiger partial charge on any atom is -0.316 e. The van der Waals surface area contributed by atoms with Gasteiger partial charge in [-0.15, -0.1) is 0 Å². The van der Waals surface area contributed by atoms with Gasteiger partial charge in [0.2, 0.25) is 0 Å². The highest BCUT2D eigenvalue weighted by molar-refractivity contribution is 6.31. The van der Waals surface area contributed by atoms with Gasteiger partial charge in [-0.1, -0.05) is 11.6 Å². The maximum atomic E-state index is 10.5. The number of benzene rings is 1. The Labute approximate surface area is 79.8 Å². The largest absolute Gasteiger partial charge is 0.316 e. The van der Waals surface area contributed by atoms with Crippen molar-refractivity contribution in [1.29, 1.82) is 0 Å². The number of nitro benzene ring substituents is 1. The van der Waals surface area contributed by atoms with Gasteiger partial charge in [-0.2, -0.15) is 0 Å². The number of nitrogens with one attached hydrogen (secondary N) is 2. The summed E-state index contributed by atoms with van der Waals surface area (Å²) in [5.41, 5.74) is 5.55. The number of nitro groups is 1. The molecule has 0 amide bonds. The van der Waals surface area contributed by atoms with Gasteiger partial charge in [0.1, 0.15) is 5.69 Å². The number of anilines is 1. The molecule has 1 aromatic carbocycles. The summed E-state index contributed by atoms with van der Waals surface area (Å²) in [7, 11) is 1.62. The summed E-state index contributed by atoms with van der Waals surface area (Å²) in [4.78, 5) is 10.0. The Morgan fingerprint density at radius 3 is 2.77 bits per heavy atom. The number of rotatable bonds is 3. The third kappa shape index (κ3) is 2.30. The molecule has 0 aliphatic carbocycles. The normalized spacial score (nSPS) is 9.69. The Balaban J connectivity index is 3.10. The first-order valence-corrected chi connectivity index (χ1v) is 3.89. The second-order valence-electron chi connectivity index (χ2n) is 2.29. The summed E-state index contributed by atoms with van der Waals surface area (Å²) in [5, 5.41) is 11.0. The Hall–Kier alpha value is -1.33. The number of hydrogen-bond donors (Lipinski definition) is 2.